The molecule has 4 heterocycles. The normalized spacial score (nSPS) is 55.2. The number of hydrogen-bond donors (Lipinski definition) is 14. The highest BCUT2D eigenvalue weighted by molar-refractivity contribution is 5.79. The average molecular weight is 1090 g/mol. The van der Waals surface area contributed by atoms with Crippen molar-refractivity contribution in [3.8, 4) is 0 Å². The molecular formula is C53H86O23. The van der Waals surface area contributed by atoms with E-state index < -0.39 is 176 Å². The maximum Gasteiger partial charge on any atom is 0.315 e. The number of ether oxygens (including phenoxy) is 8. The Morgan fingerprint density at radius 1 is 0.618 bits per heavy atom. The molecule has 23 heteroatoms. The maximum absolute atomic E-state index is 15.1. The van der Waals surface area contributed by atoms with Crippen LogP contribution in [0.2, 0.25) is 0 Å². The lowest BCUT2D eigenvalue weighted by Crippen LogP contribution is -2.68. The van der Waals surface area contributed by atoms with Gasteiger partial charge in [0.25, 0.3) is 0 Å². The minimum absolute atomic E-state index is 0.126. The summed E-state index contributed by atoms with van der Waals surface area (Å²) in [6.45, 7) is 12.8. The monoisotopic (exact) mass is 1090 g/mol. The molecule has 5 aliphatic carbocycles. The first kappa shape index (κ1) is 59.0. The highest BCUT2D eigenvalue weighted by Gasteiger charge is 2.72. The van der Waals surface area contributed by atoms with Crippen LogP contribution in [0.15, 0.2) is 11.6 Å². The zero-order valence-corrected chi connectivity index (χ0v) is 44.6. The van der Waals surface area contributed by atoms with Gasteiger partial charge in [0, 0.05) is 5.92 Å². The molecule has 9 aliphatic rings. The van der Waals surface area contributed by atoms with Gasteiger partial charge >= 0.3 is 5.97 Å². The Morgan fingerprint density at radius 3 is 1.83 bits per heavy atom. The summed E-state index contributed by atoms with van der Waals surface area (Å²) in [5.74, 6) is -1.39. The number of aliphatic hydroxyl groups excluding tert-OH is 13. The number of rotatable bonds is 11. The van der Waals surface area contributed by atoms with Crippen LogP contribution in [0.5, 0.6) is 0 Å². The predicted octanol–water partition coefficient (Wildman–Crippen LogP) is -2.43. The molecule has 4 saturated heterocycles. The standard InChI is InChI=1S/C53H86O23/c1-22-10-15-53(47(67)76-46-39(65)36(62)33(59)27(73-46)21-70-43-37(63)34(60)31(57)25(18-54)71-43)17-16-50(5)23(42(53)52(22,7)68)8-9-29-49(4)13-12-30(48(2,3)28(49)11-14-51(29,50)6)74-44-40(66)41(24(56)20-69-44)75-45-38(64)35(61)32(58)26(19-55)72-45/h8,22,24-46,54-66,68H,9-21H2,1-7H3/t22-,24+,25-,26+,27-,28+,29-,30+,31-,32+,33-,34+,35-,36+,37-,38+,39-,40-,41+,42-,43-,44+,45-,46+,49+,50-,51-,52-,53+/m1/s1. The molecule has 436 valence electrons. The van der Waals surface area contributed by atoms with E-state index in [9.17, 15) is 71.5 Å². The van der Waals surface area contributed by atoms with E-state index in [1.807, 2.05) is 6.92 Å². The highest BCUT2D eigenvalue weighted by Crippen LogP contribution is 2.76. The first-order valence-corrected chi connectivity index (χ1v) is 27.4. The molecule has 0 aromatic carbocycles. The summed E-state index contributed by atoms with van der Waals surface area (Å²) in [5, 5.41) is 150. The van der Waals surface area contributed by atoms with Crippen molar-refractivity contribution < 1.29 is 114 Å². The Labute approximate surface area is 442 Å². The molecule has 0 spiro atoms. The van der Waals surface area contributed by atoms with Crippen LogP contribution in [0.1, 0.15) is 106 Å². The molecule has 23 nitrogen and oxygen atoms in total. The highest BCUT2D eigenvalue weighted by atomic mass is 16.8. The van der Waals surface area contributed by atoms with Gasteiger partial charge in [-0.3, -0.25) is 4.79 Å². The number of fused-ring (bicyclic) bond motifs is 7. The number of carbonyl (C=O) groups excluding carboxylic acids is 1. The van der Waals surface area contributed by atoms with Gasteiger partial charge in [0.15, 0.2) is 18.9 Å². The minimum atomic E-state index is -1.90. The van der Waals surface area contributed by atoms with Gasteiger partial charge in [-0.05, 0) is 104 Å². The molecule has 14 N–H and O–H groups in total. The summed E-state index contributed by atoms with van der Waals surface area (Å²) < 4.78 is 47.0. The second-order valence-corrected chi connectivity index (χ2v) is 25.5. The number of esters is 1. The van der Waals surface area contributed by atoms with Crippen LogP contribution < -0.4 is 0 Å². The smallest absolute Gasteiger partial charge is 0.315 e. The summed E-state index contributed by atoms with van der Waals surface area (Å²) in [5.41, 5.74) is -3.20. The summed E-state index contributed by atoms with van der Waals surface area (Å²) in [4.78, 5) is 15.1. The number of allylic oxidation sites excluding steroid dienone is 1. The van der Waals surface area contributed by atoms with Crippen LogP contribution in [0.3, 0.4) is 0 Å². The molecule has 4 saturated carbocycles. The van der Waals surface area contributed by atoms with Gasteiger partial charge in [0.2, 0.25) is 6.29 Å². The second kappa shape index (κ2) is 21.3. The van der Waals surface area contributed by atoms with Crippen LogP contribution in [0.4, 0.5) is 0 Å². The van der Waals surface area contributed by atoms with Crippen molar-refractivity contribution in [3.05, 3.63) is 11.6 Å². The van der Waals surface area contributed by atoms with Crippen LogP contribution >= 0.6 is 0 Å². The van der Waals surface area contributed by atoms with Gasteiger partial charge in [0.1, 0.15) is 91.6 Å². The van der Waals surface area contributed by atoms with E-state index in [-0.39, 0.29) is 35.2 Å². The van der Waals surface area contributed by atoms with Crippen LogP contribution in [-0.2, 0) is 42.7 Å². The molecular weight excluding hydrogens is 1000 g/mol. The lowest BCUT2D eigenvalue weighted by Gasteiger charge is -2.72. The summed E-state index contributed by atoms with van der Waals surface area (Å²) in [6.07, 6.45) is -23.2. The van der Waals surface area contributed by atoms with Crippen molar-refractivity contribution in [1.29, 1.82) is 0 Å². The molecule has 0 aromatic heterocycles. The van der Waals surface area contributed by atoms with Crippen molar-refractivity contribution in [2.75, 3.05) is 26.4 Å². The Kier molecular flexibility index (Phi) is 16.5. The van der Waals surface area contributed by atoms with Crippen molar-refractivity contribution in [2.24, 2.45) is 50.7 Å². The van der Waals surface area contributed by atoms with Gasteiger partial charge in [-0.15, -0.1) is 0 Å². The Hall–Kier alpha value is -1.63. The summed E-state index contributed by atoms with van der Waals surface area (Å²) in [6, 6.07) is 0. The van der Waals surface area contributed by atoms with Crippen molar-refractivity contribution in [1.82, 2.24) is 0 Å². The summed E-state index contributed by atoms with van der Waals surface area (Å²) >= 11 is 0. The molecule has 0 radical (unpaired) electrons. The van der Waals surface area contributed by atoms with Gasteiger partial charge in [-0.25, -0.2) is 0 Å². The number of carbonyl (C=O) groups is 1. The zero-order valence-electron chi connectivity index (χ0n) is 44.6. The Balaban J connectivity index is 0.918. The predicted molar refractivity (Wildman–Crippen MR) is 258 cm³/mol. The Morgan fingerprint density at radius 2 is 1.20 bits per heavy atom. The van der Waals surface area contributed by atoms with E-state index >= 15 is 4.79 Å². The minimum Gasteiger partial charge on any atom is -0.432 e. The fourth-order valence-corrected chi connectivity index (χ4v) is 16.4. The van der Waals surface area contributed by atoms with E-state index in [2.05, 4.69) is 40.7 Å². The van der Waals surface area contributed by atoms with Gasteiger partial charge < -0.3 is 109 Å². The third kappa shape index (κ3) is 9.27. The van der Waals surface area contributed by atoms with E-state index in [1.54, 1.807) is 6.92 Å². The molecule has 0 aromatic rings. The maximum atomic E-state index is 15.1. The number of hydrogen-bond acceptors (Lipinski definition) is 23. The van der Waals surface area contributed by atoms with E-state index in [0.717, 1.165) is 24.8 Å². The fraction of sp³-hybridized carbons (Fsp3) is 0.943. The topological polar surface area (TPSA) is 374 Å². The molecule has 29 atom stereocenters. The SMILES string of the molecule is C[C@@H]1CC[C@]2(C(=O)O[C@@H]3O[C@H](CO[C@@H]4O[C@H](CO)[C@@H](O)[C@H](O)[C@H]4O)[C@@H](O)[C@H](O)[C@H]3O)CC[C@]3(C)C(=CC[C@@H]4[C@@]5(C)CC[C@H](O[C@@H]6OC[C@H](O)[C@H](O[C@H]7O[C@@H](CO)[C@H](O)[C@@H](O)[C@@H]7O)[C@H]6O)C(C)(C)[C@@H]5CC[C@]43C)[C@@H]2[C@]1(C)O. The first-order valence-electron chi connectivity index (χ1n) is 27.4. The summed E-state index contributed by atoms with van der Waals surface area (Å²) in [7, 11) is 0. The van der Waals surface area contributed by atoms with Gasteiger partial charge in [-0.2, -0.15) is 0 Å². The van der Waals surface area contributed by atoms with Crippen LogP contribution in [-0.4, -0.2) is 232 Å². The molecule has 0 bridgehead atoms. The van der Waals surface area contributed by atoms with Crippen molar-refractivity contribution in [3.63, 3.8) is 0 Å². The quantitative estimate of drug-likeness (QED) is 0.0581. The van der Waals surface area contributed by atoms with Gasteiger partial charge in [-0.1, -0.05) is 53.2 Å². The van der Waals surface area contributed by atoms with Crippen molar-refractivity contribution >= 4 is 5.97 Å². The van der Waals surface area contributed by atoms with Crippen molar-refractivity contribution in [2.45, 2.75) is 235 Å². The van der Waals surface area contributed by atoms with Crippen LogP contribution in [0.25, 0.3) is 0 Å². The fourth-order valence-electron chi connectivity index (χ4n) is 16.4. The average Bonchev–Trinajstić information content (AvgIpc) is 3.37. The van der Waals surface area contributed by atoms with E-state index in [1.165, 1.54) is 0 Å². The molecule has 9 rings (SSSR count). The molecule has 4 aliphatic heterocycles. The molecule has 0 unspecified atom stereocenters. The molecule has 0 amide bonds. The Bertz CT molecular complexity index is 2090. The third-order valence-electron chi connectivity index (χ3n) is 21.4. The van der Waals surface area contributed by atoms with Crippen LogP contribution in [0, 0.1) is 50.7 Å². The lowest BCUT2D eigenvalue weighted by atomic mass is 9.33. The lowest BCUT2D eigenvalue weighted by molar-refractivity contribution is -0.357. The second-order valence-electron chi connectivity index (χ2n) is 25.5. The molecule has 76 heavy (non-hydrogen) atoms. The molecule has 8 fully saturated rings. The third-order valence-corrected chi connectivity index (χ3v) is 21.4. The largest absolute Gasteiger partial charge is 0.432 e. The van der Waals surface area contributed by atoms with Gasteiger partial charge in [0.05, 0.1) is 43.5 Å². The van der Waals surface area contributed by atoms with E-state index in [0.29, 0.717) is 38.5 Å². The number of aliphatic hydroxyl groups is 14. The zero-order chi connectivity index (χ0) is 55.6. The first-order chi connectivity index (χ1) is 35.5. The van der Waals surface area contributed by atoms with E-state index in [4.69, 9.17) is 37.9 Å².